The summed E-state index contributed by atoms with van der Waals surface area (Å²) in [6.07, 6.45) is 4.46. The van der Waals surface area contributed by atoms with Crippen LogP contribution in [0.4, 0.5) is 0 Å². The van der Waals surface area contributed by atoms with Crippen molar-refractivity contribution in [3.8, 4) is 0 Å². The van der Waals surface area contributed by atoms with Gasteiger partial charge in [0.2, 0.25) is 0 Å². The van der Waals surface area contributed by atoms with Crippen molar-refractivity contribution in [3.05, 3.63) is 29.0 Å². The fourth-order valence-electron chi connectivity index (χ4n) is 2.26. The van der Waals surface area contributed by atoms with Crippen LogP contribution in [-0.2, 0) is 6.42 Å². The van der Waals surface area contributed by atoms with E-state index in [4.69, 9.17) is 28.2 Å². The number of nitrogens with zero attached hydrogens (tertiary/aromatic N) is 2. The second-order valence-corrected chi connectivity index (χ2v) is 5.37. The topological polar surface area (TPSA) is 17.8 Å². The fourth-order valence-corrected chi connectivity index (χ4v) is 2.56. The summed E-state index contributed by atoms with van der Waals surface area (Å²) in [6, 6.07) is 6.61. The number of alkyl halides is 1. The Hall–Kier alpha value is -0.730. The van der Waals surface area contributed by atoms with Gasteiger partial charge in [0.25, 0.3) is 0 Å². The molecule has 0 unspecified atom stereocenters. The lowest BCUT2D eigenvalue weighted by Crippen LogP contribution is -2.01. The first-order chi connectivity index (χ1) is 8.29. The van der Waals surface area contributed by atoms with Gasteiger partial charge in [-0.25, -0.2) is 4.98 Å². The van der Waals surface area contributed by atoms with Crippen LogP contribution < -0.4 is 0 Å². The summed E-state index contributed by atoms with van der Waals surface area (Å²) < 4.78 is 2.37. The van der Waals surface area contributed by atoms with E-state index in [1.165, 1.54) is 18.4 Å². The SMILES string of the molecule is ClCCCc1nc2cc(Cl)ccc2n1C1CC1. The molecule has 90 valence electrons. The highest BCUT2D eigenvalue weighted by atomic mass is 35.5. The van der Waals surface area contributed by atoms with Crippen molar-refractivity contribution >= 4 is 34.2 Å². The maximum absolute atomic E-state index is 6.01. The molecule has 1 aliphatic carbocycles. The van der Waals surface area contributed by atoms with Gasteiger partial charge >= 0.3 is 0 Å². The molecular weight excluding hydrogens is 255 g/mol. The van der Waals surface area contributed by atoms with Gasteiger partial charge in [-0.05, 0) is 37.5 Å². The number of fused-ring (bicyclic) bond motifs is 1. The summed E-state index contributed by atoms with van der Waals surface area (Å²) in [5.41, 5.74) is 2.22. The first-order valence-electron chi connectivity index (χ1n) is 6.02. The van der Waals surface area contributed by atoms with E-state index in [9.17, 15) is 0 Å². The normalized spacial score (nSPS) is 15.6. The highest BCUT2D eigenvalue weighted by molar-refractivity contribution is 6.31. The summed E-state index contributed by atoms with van der Waals surface area (Å²) in [7, 11) is 0. The summed E-state index contributed by atoms with van der Waals surface area (Å²) in [6.45, 7) is 0. The minimum Gasteiger partial charge on any atom is -0.325 e. The zero-order valence-corrected chi connectivity index (χ0v) is 11.0. The average Bonchev–Trinajstić information content (AvgIpc) is 3.08. The van der Waals surface area contributed by atoms with Gasteiger partial charge < -0.3 is 4.57 Å². The van der Waals surface area contributed by atoms with Gasteiger partial charge in [0, 0.05) is 23.4 Å². The lowest BCUT2D eigenvalue weighted by atomic mass is 10.3. The van der Waals surface area contributed by atoms with Gasteiger partial charge in [-0.2, -0.15) is 0 Å². The zero-order chi connectivity index (χ0) is 11.8. The number of aryl methyl sites for hydroxylation is 1. The molecule has 4 heteroatoms. The first-order valence-corrected chi connectivity index (χ1v) is 6.93. The molecule has 3 rings (SSSR count). The monoisotopic (exact) mass is 268 g/mol. The Morgan fingerprint density at radius 2 is 2.18 bits per heavy atom. The lowest BCUT2D eigenvalue weighted by molar-refractivity contribution is 0.687. The summed E-state index contributed by atoms with van der Waals surface area (Å²) in [4.78, 5) is 4.69. The fraction of sp³-hybridized carbons (Fsp3) is 0.462. The largest absolute Gasteiger partial charge is 0.325 e. The second kappa shape index (κ2) is 4.51. The van der Waals surface area contributed by atoms with E-state index in [1.54, 1.807) is 0 Å². The third-order valence-electron chi connectivity index (χ3n) is 3.17. The van der Waals surface area contributed by atoms with Crippen molar-refractivity contribution in [2.75, 3.05) is 5.88 Å². The first kappa shape index (κ1) is 11.4. The van der Waals surface area contributed by atoms with Crippen LogP contribution in [0.1, 0.15) is 31.1 Å². The molecule has 0 saturated heterocycles. The van der Waals surface area contributed by atoms with E-state index in [1.807, 2.05) is 12.1 Å². The van der Waals surface area contributed by atoms with Crippen LogP contribution in [0.3, 0.4) is 0 Å². The third-order valence-corrected chi connectivity index (χ3v) is 3.67. The standard InChI is InChI=1S/C13H14Cl2N2/c14-7-1-2-13-16-11-8-9(15)3-6-12(11)17(13)10-4-5-10/h3,6,8,10H,1-2,4-5,7H2. The number of hydrogen-bond acceptors (Lipinski definition) is 1. The van der Waals surface area contributed by atoms with Crippen molar-refractivity contribution < 1.29 is 0 Å². The predicted molar refractivity (Wildman–Crippen MR) is 72.1 cm³/mol. The van der Waals surface area contributed by atoms with Crippen LogP contribution in [0.2, 0.25) is 5.02 Å². The Morgan fingerprint density at radius 1 is 1.35 bits per heavy atom. The third kappa shape index (κ3) is 2.16. The van der Waals surface area contributed by atoms with Crippen LogP contribution in [-0.4, -0.2) is 15.4 Å². The van der Waals surface area contributed by atoms with E-state index in [0.717, 1.165) is 29.2 Å². The molecule has 0 bridgehead atoms. The van der Waals surface area contributed by atoms with E-state index in [-0.39, 0.29) is 0 Å². The molecule has 1 saturated carbocycles. The molecule has 0 atom stereocenters. The van der Waals surface area contributed by atoms with Gasteiger partial charge in [-0.3, -0.25) is 0 Å². The van der Waals surface area contributed by atoms with Crippen LogP contribution in [0.25, 0.3) is 11.0 Å². The van der Waals surface area contributed by atoms with E-state index in [2.05, 4.69) is 10.6 Å². The van der Waals surface area contributed by atoms with Crippen molar-refractivity contribution in [1.82, 2.24) is 9.55 Å². The summed E-state index contributed by atoms with van der Waals surface area (Å²) in [5, 5.41) is 0.752. The Morgan fingerprint density at radius 3 is 2.88 bits per heavy atom. The number of halogens is 2. The van der Waals surface area contributed by atoms with Crippen molar-refractivity contribution in [2.45, 2.75) is 31.7 Å². The number of aromatic nitrogens is 2. The smallest absolute Gasteiger partial charge is 0.110 e. The molecule has 0 amide bonds. The van der Waals surface area contributed by atoms with Crippen molar-refractivity contribution in [1.29, 1.82) is 0 Å². The Labute approximate surface area is 111 Å². The van der Waals surface area contributed by atoms with Crippen molar-refractivity contribution in [2.24, 2.45) is 0 Å². The minimum atomic E-state index is 0.645. The number of hydrogen-bond donors (Lipinski definition) is 0. The average molecular weight is 269 g/mol. The molecule has 1 aromatic carbocycles. The summed E-state index contributed by atoms with van der Waals surface area (Å²) >= 11 is 11.8. The maximum Gasteiger partial charge on any atom is 0.110 e. The number of benzene rings is 1. The molecule has 0 spiro atoms. The van der Waals surface area contributed by atoms with E-state index >= 15 is 0 Å². The van der Waals surface area contributed by atoms with Crippen molar-refractivity contribution in [3.63, 3.8) is 0 Å². The highest BCUT2D eigenvalue weighted by Crippen LogP contribution is 2.39. The molecule has 0 N–H and O–H groups in total. The molecule has 0 aliphatic heterocycles. The van der Waals surface area contributed by atoms with Gasteiger partial charge in [-0.1, -0.05) is 11.6 Å². The molecule has 17 heavy (non-hydrogen) atoms. The summed E-state index contributed by atoms with van der Waals surface area (Å²) in [5.74, 6) is 1.85. The number of rotatable bonds is 4. The van der Waals surface area contributed by atoms with Gasteiger partial charge in [0.15, 0.2) is 0 Å². The Bertz CT molecular complexity index is 544. The van der Waals surface area contributed by atoms with Crippen LogP contribution in [0.5, 0.6) is 0 Å². The molecule has 1 aromatic heterocycles. The molecule has 1 heterocycles. The lowest BCUT2D eigenvalue weighted by Gasteiger charge is -2.06. The molecule has 2 nitrogen and oxygen atoms in total. The van der Waals surface area contributed by atoms with E-state index in [0.29, 0.717) is 11.9 Å². The predicted octanol–water partition coefficient (Wildman–Crippen LogP) is 4.20. The van der Waals surface area contributed by atoms with Gasteiger partial charge in [0.1, 0.15) is 5.82 Å². The molecule has 0 radical (unpaired) electrons. The maximum atomic E-state index is 6.01. The highest BCUT2D eigenvalue weighted by Gasteiger charge is 2.27. The molecule has 2 aromatic rings. The Kier molecular flexibility index (Phi) is 3.01. The van der Waals surface area contributed by atoms with E-state index < -0.39 is 0 Å². The minimum absolute atomic E-state index is 0.645. The number of imidazole rings is 1. The second-order valence-electron chi connectivity index (χ2n) is 4.55. The Balaban J connectivity index is 2.09. The molecule has 1 fully saturated rings. The zero-order valence-electron chi connectivity index (χ0n) is 9.50. The molecular formula is C13H14Cl2N2. The van der Waals surface area contributed by atoms with Gasteiger partial charge in [-0.15, -0.1) is 11.6 Å². The van der Waals surface area contributed by atoms with Gasteiger partial charge in [0.05, 0.1) is 11.0 Å². The van der Waals surface area contributed by atoms with Crippen LogP contribution in [0, 0.1) is 0 Å². The quantitative estimate of drug-likeness (QED) is 0.761. The molecule has 1 aliphatic rings. The van der Waals surface area contributed by atoms with Crippen LogP contribution >= 0.6 is 23.2 Å². The van der Waals surface area contributed by atoms with Crippen LogP contribution in [0.15, 0.2) is 18.2 Å².